The molecule has 1 heterocycles. The third-order valence-electron chi connectivity index (χ3n) is 3.06. The number of aromatic nitrogens is 1. The lowest BCUT2D eigenvalue weighted by atomic mass is 10.2. The molecule has 0 aliphatic carbocycles. The summed E-state index contributed by atoms with van der Waals surface area (Å²) >= 11 is 0. The molecule has 122 valence electrons. The van der Waals surface area contributed by atoms with Gasteiger partial charge in [-0.1, -0.05) is 6.07 Å². The summed E-state index contributed by atoms with van der Waals surface area (Å²) < 4.78 is 5.34. The number of pyridine rings is 1. The number of carbonyl (C=O) groups excluding carboxylic acids is 1. The number of carbonyl (C=O) groups is 1. The van der Waals surface area contributed by atoms with Crippen LogP contribution in [0.3, 0.4) is 0 Å². The van der Waals surface area contributed by atoms with Gasteiger partial charge >= 0.3 is 0 Å². The van der Waals surface area contributed by atoms with Crippen molar-refractivity contribution in [3.8, 4) is 11.8 Å². The fourth-order valence-corrected chi connectivity index (χ4v) is 1.92. The molecule has 2 aromatic rings. The lowest BCUT2D eigenvalue weighted by Gasteiger charge is -2.07. The molecule has 0 bridgehead atoms. The van der Waals surface area contributed by atoms with Gasteiger partial charge in [0.05, 0.1) is 6.61 Å². The largest absolute Gasteiger partial charge is 0.494 e. The van der Waals surface area contributed by atoms with E-state index in [2.05, 4.69) is 15.6 Å². The van der Waals surface area contributed by atoms with E-state index in [0.717, 1.165) is 11.3 Å². The number of nitriles is 1. The van der Waals surface area contributed by atoms with Crippen molar-refractivity contribution in [3.63, 3.8) is 0 Å². The highest BCUT2D eigenvalue weighted by Gasteiger charge is 2.09. The number of nitrogens with zero attached hydrogens (tertiary/aromatic N) is 2. The van der Waals surface area contributed by atoms with Crippen molar-refractivity contribution in [1.29, 1.82) is 5.26 Å². The molecule has 1 amide bonds. The highest BCUT2D eigenvalue weighted by Crippen LogP contribution is 2.16. The Kier molecular flexibility index (Phi) is 6.35. The van der Waals surface area contributed by atoms with Crippen LogP contribution in [0.5, 0.6) is 5.75 Å². The Morgan fingerprint density at radius 3 is 2.75 bits per heavy atom. The number of hydrogen-bond acceptors (Lipinski definition) is 5. The van der Waals surface area contributed by atoms with Gasteiger partial charge in [-0.25, -0.2) is 0 Å². The summed E-state index contributed by atoms with van der Waals surface area (Å²) in [7, 11) is 0. The molecule has 2 rings (SSSR count). The van der Waals surface area contributed by atoms with Gasteiger partial charge in [-0.2, -0.15) is 5.26 Å². The van der Waals surface area contributed by atoms with E-state index in [4.69, 9.17) is 10.00 Å². The second kappa shape index (κ2) is 8.96. The Hall–Kier alpha value is -3.33. The minimum atomic E-state index is -0.472. The van der Waals surface area contributed by atoms with Gasteiger partial charge in [-0.15, -0.1) is 0 Å². The maximum atomic E-state index is 12.1. The van der Waals surface area contributed by atoms with E-state index in [9.17, 15) is 4.79 Å². The first-order valence-electron chi connectivity index (χ1n) is 7.49. The summed E-state index contributed by atoms with van der Waals surface area (Å²) in [6.45, 7) is 2.96. The van der Waals surface area contributed by atoms with Gasteiger partial charge in [0.2, 0.25) is 0 Å². The lowest BCUT2D eigenvalue weighted by Crippen LogP contribution is -2.16. The quantitative estimate of drug-likeness (QED) is 0.604. The number of rotatable bonds is 7. The number of ether oxygens (including phenoxy) is 1. The summed E-state index contributed by atoms with van der Waals surface area (Å²) in [4.78, 5) is 16.1. The summed E-state index contributed by atoms with van der Waals surface area (Å²) in [5.41, 5.74) is 1.54. The van der Waals surface area contributed by atoms with E-state index >= 15 is 0 Å². The molecule has 6 nitrogen and oxygen atoms in total. The second-order valence-electron chi connectivity index (χ2n) is 4.82. The van der Waals surface area contributed by atoms with Crippen LogP contribution in [0, 0.1) is 11.3 Å². The molecule has 24 heavy (non-hydrogen) atoms. The molecule has 0 aliphatic heterocycles. The van der Waals surface area contributed by atoms with Gasteiger partial charge in [0.25, 0.3) is 5.91 Å². The van der Waals surface area contributed by atoms with E-state index < -0.39 is 5.91 Å². The molecular formula is C18H18N4O2. The number of amides is 1. The molecule has 0 saturated carbocycles. The van der Waals surface area contributed by atoms with Crippen LogP contribution in [0.4, 0.5) is 5.69 Å². The highest BCUT2D eigenvalue weighted by atomic mass is 16.5. The van der Waals surface area contributed by atoms with Gasteiger partial charge in [0.15, 0.2) is 0 Å². The number of anilines is 1. The van der Waals surface area contributed by atoms with Crippen molar-refractivity contribution in [3.05, 3.63) is 66.1 Å². The summed E-state index contributed by atoms with van der Waals surface area (Å²) in [6, 6.07) is 12.6. The van der Waals surface area contributed by atoms with E-state index in [-0.39, 0.29) is 5.57 Å². The topological polar surface area (TPSA) is 87.0 Å². The van der Waals surface area contributed by atoms with Crippen molar-refractivity contribution in [2.24, 2.45) is 0 Å². The van der Waals surface area contributed by atoms with Crippen molar-refractivity contribution < 1.29 is 9.53 Å². The maximum absolute atomic E-state index is 12.1. The van der Waals surface area contributed by atoms with Crippen LogP contribution in [0.15, 0.2) is 60.6 Å². The Labute approximate surface area is 140 Å². The molecule has 0 fully saturated rings. The third-order valence-corrected chi connectivity index (χ3v) is 3.06. The maximum Gasteiger partial charge on any atom is 0.267 e. The Morgan fingerprint density at radius 2 is 2.12 bits per heavy atom. The van der Waals surface area contributed by atoms with Crippen LogP contribution >= 0.6 is 0 Å². The molecule has 6 heteroatoms. The first kappa shape index (κ1) is 17.0. The summed E-state index contributed by atoms with van der Waals surface area (Å²) in [5, 5.41) is 14.7. The van der Waals surface area contributed by atoms with Gasteiger partial charge in [-0.3, -0.25) is 9.78 Å². The second-order valence-corrected chi connectivity index (χ2v) is 4.82. The first-order valence-corrected chi connectivity index (χ1v) is 7.49. The van der Waals surface area contributed by atoms with Crippen molar-refractivity contribution in [1.82, 2.24) is 10.3 Å². The van der Waals surface area contributed by atoms with E-state index in [0.29, 0.717) is 18.8 Å². The minimum Gasteiger partial charge on any atom is -0.494 e. The molecule has 0 saturated heterocycles. The predicted octanol–water partition coefficient (Wildman–Crippen LogP) is 2.62. The van der Waals surface area contributed by atoms with Gasteiger partial charge in [0, 0.05) is 30.8 Å². The van der Waals surface area contributed by atoms with E-state index in [1.807, 2.05) is 25.1 Å². The molecule has 0 atom stereocenters. The Balaban J connectivity index is 1.93. The minimum absolute atomic E-state index is 0.00669. The highest BCUT2D eigenvalue weighted by molar-refractivity contribution is 6.06. The van der Waals surface area contributed by atoms with Crippen LogP contribution in [-0.4, -0.2) is 17.5 Å². The van der Waals surface area contributed by atoms with Crippen LogP contribution < -0.4 is 15.4 Å². The Bertz CT molecular complexity index is 734. The zero-order valence-corrected chi connectivity index (χ0v) is 13.3. The molecule has 0 radical (unpaired) electrons. The number of nitrogens with one attached hydrogen (secondary N) is 2. The molecule has 2 N–H and O–H groups in total. The SMILES string of the molecule is CCOc1ccc(NC(=O)/C(C#N)=C\NCc2cccnc2)cc1. The Morgan fingerprint density at radius 1 is 1.33 bits per heavy atom. The number of hydrogen-bond donors (Lipinski definition) is 2. The average Bonchev–Trinajstić information content (AvgIpc) is 2.61. The van der Waals surface area contributed by atoms with Gasteiger partial charge < -0.3 is 15.4 Å². The number of benzene rings is 1. The molecule has 1 aromatic heterocycles. The molecule has 1 aromatic carbocycles. The van der Waals surface area contributed by atoms with Crippen molar-refractivity contribution >= 4 is 11.6 Å². The molecule has 0 unspecified atom stereocenters. The lowest BCUT2D eigenvalue weighted by molar-refractivity contribution is -0.112. The smallest absolute Gasteiger partial charge is 0.267 e. The van der Waals surface area contributed by atoms with Crippen LogP contribution in [0.25, 0.3) is 0 Å². The summed E-state index contributed by atoms with van der Waals surface area (Å²) in [5.74, 6) is 0.255. The zero-order chi connectivity index (χ0) is 17.2. The zero-order valence-electron chi connectivity index (χ0n) is 13.3. The molecule has 0 aliphatic rings. The van der Waals surface area contributed by atoms with E-state index in [1.54, 1.807) is 36.7 Å². The third kappa shape index (κ3) is 5.14. The van der Waals surface area contributed by atoms with Crippen molar-refractivity contribution in [2.45, 2.75) is 13.5 Å². The fraction of sp³-hybridized carbons (Fsp3) is 0.167. The predicted molar refractivity (Wildman–Crippen MR) is 91.0 cm³/mol. The van der Waals surface area contributed by atoms with Crippen molar-refractivity contribution in [2.75, 3.05) is 11.9 Å². The van der Waals surface area contributed by atoms with E-state index in [1.165, 1.54) is 6.20 Å². The van der Waals surface area contributed by atoms with Crippen LogP contribution in [0.2, 0.25) is 0 Å². The monoisotopic (exact) mass is 322 g/mol. The normalized spacial score (nSPS) is 10.6. The molecular weight excluding hydrogens is 304 g/mol. The average molecular weight is 322 g/mol. The van der Waals surface area contributed by atoms with Gasteiger partial charge in [0.1, 0.15) is 17.4 Å². The standard InChI is InChI=1S/C18H18N4O2/c1-2-24-17-7-5-16(6-8-17)22-18(23)15(10-19)13-21-12-14-4-3-9-20-11-14/h3-9,11,13,21H,2,12H2,1H3,(H,22,23)/b15-13-. The fourth-order valence-electron chi connectivity index (χ4n) is 1.92. The first-order chi connectivity index (χ1) is 11.7. The van der Waals surface area contributed by atoms with Crippen LogP contribution in [-0.2, 0) is 11.3 Å². The summed E-state index contributed by atoms with van der Waals surface area (Å²) in [6.07, 6.45) is 4.80. The van der Waals surface area contributed by atoms with Gasteiger partial charge in [-0.05, 0) is 42.8 Å². The molecule has 0 spiro atoms. The van der Waals surface area contributed by atoms with Crippen LogP contribution in [0.1, 0.15) is 12.5 Å².